The first kappa shape index (κ1) is 31.9. The van der Waals surface area contributed by atoms with Crippen LogP contribution in [0.1, 0.15) is 51.1 Å². The largest absolute Gasteiger partial charge is 0.573 e. The van der Waals surface area contributed by atoms with Gasteiger partial charge in [-0.3, -0.25) is 19.3 Å². The molecule has 4 aromatic rings. The van der Waals surface area contributed by atoms with E-state index in [9.17, 15) is 35.9 Å². The summed E-state index contributed by atoms with van der Waals surface area (Å²) in [4.78, 5) is 28.6. The van der Waals surface area contributed by atoms with Gasteiger partial charge >= 0.3 is 6.36 Å². The van der Waals surface area contributed by atoms with E-state index < -0.39 is 36.0 Å². The first-order chi connectivity index (χ1) is 20.7. The highest BCUT2D eigenvalue weighted by Gasteiger charge is 2.31. The third kappa shape index (κ3) is 9.50. The Balaban J connectivity index is 1.19. The number of carbonyl (C=O) groups is 2. The molecule has 18 heteroatoms. The molecule has 12 nitrogen and oxygen atoms in total. The average Bonchev–Trinajstić information content (AvgIpc) is 3.63. The van der Waals surface area contributed by atoms with E-state index in [1.165, 1.54) is 41.3 Å². The number of hydrogen-bond acceptors (Lipinski definition) is 8. The number of benzene rings is 1. The van der Waals surface area contributed by atoms with Gasteiger partial charge in [-0.25, -0.2) is 17.9 Å². The number of aromatic nitrogens is 7. The van der Waals surface area contributed by atoms with E-state index in [2.05, 4.69) is 41.0 Å². The molecule has 0 aliphatic rings. The topological polar surface area (TPSA) is 142 Å². The molecule has 1 unspecified atom stereocenters. The average molecular weight is 626 g/mol. The summed E-state index contributed by atoms with van der Waals surface area (Å²) in [7, 11) is 0. The molecule has 1 aromatic carbocycles. The maximum atomic E-state index is 14.6. The second-order valence-electron chi connectivity index (χ2n) is 9.57. The third-order valence-corrected chi connectivity index (χ3v) is 5.95. The molecule has 3 heterocycles. The molecule has 0 fully saturated rings. The van der Waals surface area contributed by atoms with Crippen molar-refractivity contribution in [3.63, 3.8) is 0 Å². The molecule has 0 aliphatic carbocycles. The summed E-state index contributed by atoms with van der Waals surface area (Å²) >= 11 is 0. The normalized spacial score (nSPS) is 12.5. The first-order valence-electron chi connectivity index (χ1n) is 12.9. The van der Waals surface area contributed by atoms with Gasteiger partial charge < -0.3 is 15.4 Å². The van der Waals surface area contributed by atoms with Crippen LogP contribution in [0.15, 0.2) is 55.0 Å². The van der Waals surface area contributed by atoms with Gasteiger partial charge in [-0.05, 0) is 29.8 Å². The van der Waals surface area contributed by atoms with Gasteiger partial charge in [-0.1, -0.05) is 22.6 Å². The van der Waals surface area contributed by atoms with Gasteiger partial charge in [0.05, 0.1) is 31.2 Å². The fourth-order valence-corrected chi connectivity index (χ4v) is 3.75. The molecule has 1 atom stereocenters. The number of rotatable bonds is 13. The van der Waals surface area contributed by atoms with Crippen molar-refractivity contribution in [2.75, 3.05) is 0 Å². The highest BCUT2D eigenvalue weighted by atomic mass is 19.4. The maximum absolute atomic E-state index is 14.6. The minimum Gasteiger partial charge on any atom is -0.406 e. The van der Waals surface area contributed by atoms with Crippen LogP contribution in [0.2, 0.25) is 0 Å². The Hall–Kier alpha value is -5.03. The van der Waals surface area contributed by atoms with E-state index in [4.69, 9.17) is 0 Å². The summed E-state index contributed by atoms with van der Waals surface area (Å²) in [5.41, 5.74) is 0.286. The zero-order valence-corrected chi connectivity index (χ0v) is 22.9. The molecule has 0 saturated carbocycles. The van der Waals surface area contributed by atoms with Crippen molar-refractivity contribution in [3.8, 4) is 5.75 Å². The second kappa shape index (κ2) is 13.5. The molecule has 234 valence electrons. The number of nitrogens with zero attached hydrogens (tertiary/aromatic N) is 7. The van der Waals surface area contributed by atoms with Gasteiger partial charge in [-0.15, -0.1) is 23.4 Å². The van der Waals surface area contributed by atoms with E-state index in [1.54, 1.807) is 0 Å². The Labute approximate surface area is 245 Å². The van der Waals surface area contributed by atoms with Crippen molar-refractivity contribution < 1.29 is 40.7 Å². The maximum Gasteiger partial charge on any atom is 0.573 e. The number of aryl methyl sites for hydroxylation is 1. The summed E-state index contributed by atoms with van der Waals surface area (Å²) < 4.78 is 84.6. The Morgan fingerprint density at radius 1 is 0.932 bits per heavy atom. The summed E-state index contributed by atoms with van der Waals surface area (Å²) in [6, 6.07) is 7.69. The molecule has 0 bridgehead atoms. The van der Waals surface area contributed by atoms with E-state index in [-0.39, 0.29) is 49.6 Å². The number of ether oxygens (including phenoxy) is 1. The quantitative estimate of drug-likeness (QED) is 0.215. The smallest absolute Gasteiger partial charge is 0.406 e. The van der Waals surface area contributed by atoms with Gasteiger partial charge in [0, 0.05) is 38.2 Å². The van der Waals surface area contributed by atoms with Crippen molar-refractivity contribution in [2.24, 2.45) is 0 Å². The minimum atomic E-state index is -4.84. The van der Waals surface area contributed by atoms with Crippen LogP contribution in [0.5, 0.6) is 5.75 Å². The van der Waals surface area contributed by atoms with Crippen LogP contribution < -0.4 is 15.4 Å². The fraction of sp³-hybridized carbons (Fsp3) is 0.346. The number of hydrogen-bond donors (Lipinski definition) is 2. The SMILES string of the molecule is CC(F)(F)c1ccc(CNC(=O)c2cn(CC(F)CCn3cc(C(=O)NCc4cccc(OC(F)(F)F)c4)nn3)nn2)nc1. The zero-order chi connectivity index (χ0) is 31.9. The van der Waals surface area contributed by atoms with E-state index in [0.29, 0.717) is 11.3 Å². The van der Waals surface area contributed by atoms with Gasteiger partial charge in [0.25, 0.3) is 17.7 Å². The fourth-order valence-electron chi connectivity index (χ4n) is 3.75. The zero-order valence-electron chi connectivity index (χ0n) is 22.9. The molecule has 3 aromatic heterocycles. The molecule has 0 saturated heterocycles. The number of amides is 2. The van der Waals surface area contributed by atoms with Crippen molar-refractivity contribution in [1.29, 1.82) is 0 Å². The number of nitrogens with one attached hydrogen (secondary N) is 2. The molecular formula is C26H25F6N9O3. The van der Waals surface area contributed by atoms with Gasteiger partial charge in [-0.2, -0.15) is 0 Å². The van der Waals surface area contributed by atoms with Crippen LogP contribution in [0.4, 0.5) is 26.3 Å². The predicted molar refractivity (Wildman–Crippen MR) is 139 cm³/mol. The van der Waals surface area contributed by atoms with Crippen LogP contribution in [0, 0.1) is 0 Å². The number of carbonyl (C=O) groups excluding carboxylic acids is 2. The van der Waals surface area contributed by atoms with Crippen LogP contribution in [0.25, 0.3) is 0 Å². The second-order valence-corrected chi connectivity index (χ2v) is 9.57. The number of alkyl halides is 6. The van der Waals surface area contributed by atoms with Gasteiger partial charge in [0.2, 0.25) is 0 Å². The van der Waals surface area contributed by atoms with Gasteiger partial charge in [0.1, 0.15) is 11.9 Å². The predicted octanol–water partition coefficient (Wildman–Crippen LogP) is 3.56. The van der Waals surface area contributed by atoms with Crippen LogP contribution >= 0.6 is 0 Å². The minimum absolute atomic E-state index is 0.0454. The third-order valence-electron chi connectivity index (χ3n) is 5.95. The molecule has 2 N–H and O–H groups in total. The lowest BCUT2D eigenvalue weighted by Crippen LogP contribution is -2.24. The molecule has 4 rings (SSSR count). The molecule has 0 spiro atoms. The lowest BCUT2D eigenvalue weighted by molar-refractivity contribution is -0.274. The Morgan fingerprint density at radius 2 is 1.59 bits per heavy atom. The molecule has 2 amide bonds. The monoisotopic (exact) mass is 625 g/mol. The summed E-state index contributed by atoms with van der Waals surface area (Å²) in [6.07, 6.45) is -2.75. The van der Waals surface area contributed by atoms with Crippen molar-refractivity contribution in [1.82, 2.24) is 45.6 Å². The highest BCUT2D eigenvalue weighted by Crippen LogP contribution is 2.26. The molecule has 0 aliphatic heterocycles. The van der Waals surface area contributed by atoms with Crippen LogP contribution in [-0.2, 0) is 32.1 Å². The van der Waals surface area contributed by atoms with Crippen molar-refractivity contribution in [2.45, 2.75) is 58.0 Å². The number of halogens is 6. The lowest BCUT2D eigenvalue weighted by Gasteiger charge is -2.10. The summed E-state index contributed by atoms with van der Waals surface area (Å²) in [5, 5.41) is 20.0. The van der Waals surface area contributed by atoms with Crippen LogP contribution in [0.3, 0.4) is 0 Å². The Kier molecular flexibility index (Phi) is 9.80. The summed E-state index contributed by atoms with van der Waals surface area (Å²) in [6.45, 7) is 0.425. The highest BCUT2D eigenvalue weighted by molar-refractivity contribution is 5.92. The Morgan fingerprint density at radius 3 is 2.23 bits per heavy atom. The van der Waals surface area contributed by atoms with E-state index in [1.807, 2.05) is 0 Å². The van der Waals surface area contributed by atoms with Crippen LogP contribution in [-0.4, -0.2) is 59.3 Å². The molecular weight excluding hydrogens is 600 g/mol. The molecule has 0 radical (unpaired) electrons. The standard InChI is InChI=1S/C26H25F6N9O3/c1-25(28,29)17-5-6-19(33-11-17)12-35-24(43)22-15-41(39-37-22)13-18(27)7-8-40-14-21(36-38-40)23(42)34-10-16-3-2-4-20(9-16)44-26(30,31)32/h2-6,9,11,14-15,18H,7-8,10,12-13H2,1H3,(H,34,42)(H,35,43). The van der Waals surface area contributed by atoms with E-state index >= 15 is 0 Å². The summed E-state index contributed by atoms with van der Waals surface area (Å²) in [5.74, 6) is -4.71. The van der Waals surface area contributed by atoms with E-state index in [0.717, 1.165) is 29.9 Å². The van der Waals surface area contributed by atoms with Crippen molar-refractivity contribution >= 4 is 11.8 Å². The van der Waals surface area contributed by atoms with Crippen molar-refractivity contribution in [3.05, 3.63) is 83.2 Å². The Bertz CT molecular complexity index is 1570. The first-order valence-corrected chi connectivity index (χ1v) is 12.9. The number of pyridine rings is 1. The van der Waals surface area contributed by atoms with Gasteiger partial charge in [0.15, 0.2) is 11.4 Å². The lowest BCUT2D eigenvalue weighted by atomic mass is 10.1. The molecule has 44 heavy (non-hydrogen) atoms.